The number of nitrogens with zero attached hydrogens (tertiary/aromatic N) is 5. The Bertz CT molecular complexity index is 3030. The lowest BCUT2D eigenvalue weighted by molar-refractivity contribution is -0.123. The number of benzene rings is 2. The zero-order valence-electron chi connectivity index (χ0n) is 37.4. The van der Waals surface area contributed by atoms with Crippen molar-refractivity contribution >= 4 is 54.1 Å². The fourth-order valence-corrected chi connectivity index (χ4v) is 12.6. The average molecular weight is 1020 g/mol. The molecule has 2 saturated carbocycles. The van der Waals surface area contributed by atoms with Crippen molar-refractivity contribution in [3.63, 3.8) is 0 Å². The summed E-state index contributed by atoms with van der Waals surface area (Å²) in [6, 6.07) is 6.82. The first kappa shape index (κ1) is 49.6. The van der Waals surface area contributed by atoms with Crippen molar-refractivity contribution in [3.8, 4) is 11.1 Å². The molecule has 0 saturated heterocycles. The van der Waals surface area contributed by atoms with Crippen LogP contribution in [0.5, 0.6) is 0 Å². The maximum absolute atomic E-state index is 15.8. The summed E-state index contributed by atoms with van der Waals surface area (Å²) in [5.41, 5.74) is -2.06. The van der Waals surface area contributed by atoms with Crippen LogP contribution in [-0.4, -0.2) is 68.5 Å². The van der Waals surface area contributed by atoms with E-state index < -0.39 is 120 Å². The molecule has 12 nitrogen and oxygen atoms in total. The molecule has 68 heavy (non-hydrogen) atoms. The number of hydrogen-bond donors (Lipinski definition) is 2. The van der Waals surface area contributed by atoms with Gasteiger partial charge in [0, 0.05) is 34.4 Å². The molecule has 0 radical (unpaired) electrons. The Morgan fingerprint density at radius 2 is 1.57 bits per heavy atom. The number of hydrogen-bond acceptors (Lipinski definition) is 8. The molecular formula is C45H48ClF8N7O5S2. The monoisotopic (exact) mass is 1020 g/mol. The molecule has 2 fully saturated rings. The highest BCUT2D eigenvalue weighted by Crippen LogP contribution is 2.55. The van der Waals surface area contributed by atoms with Crippen LogP contribution in [0.25, 0.3) is 22.0 Å². The van der Waals surface area contributed by atoms with E-state index in [2.05, 4.69) is 20.2 Å². The van der Waals surface area contributed by atoms with E-state index in [-0.39, 0.29) is 68.2 Å². The Balaban J connectivity index is 1.30. The summed E-state index contributed by atoms with van der Waals surface area (Å²) in [6.07, 6.45) is -5.01. The van der Waals surface area contributed by atoms with Gasteiger partial charge < -0.3 is 5.32 Å². The van der Waals surface area contributed by atoms with Crippen molar-refractivity contribution < 1.29 is 56.8 Å². The molecule has 1 amide bonds. The Labute approximate surface area is 392 Å². The zero-order valence-corrected chi connectivity index (χ0v) is 39.8. The minimum atomic E-state index is -4.13. The fourth-order valence-electron chi connectivity index (χ4n) is 8.98. The number of fused-ring (bicyclic) bond motifs is 2. The highest BCUT2D eigenvalue weighted by molar-refractivity contribution is 7.94. The number of alkyl halides is 6. The predicted molar refractivity (Wildman–Crippen MR) is 238 cm³/mol. The molecule has 8 rings (SSSR count). The Morgan fingerprint density at radius 3 is 2.18 bits per heavy atom. The van der Waals surface area contributed by atoms with Crippen LogP contribution in [0.15, 0.2) is 42.5 Å². The molecule has 2 aromatic carbocycles. The molecule has 3 atom stereocenters. The molecule has 23 heteroatoms. The molecule has 0 spiro atoms. The molecule has 2 N–H and O–H groups in total. The van der Waals surface area contributed by atoms with Crippen molar-refractivity contribution in [3.05, 3.63) is 93.0 Å². The Morgan fingerprint density at radius 1 is 0.926 bits per heavy atom. The quantitative estimate of drug-likeness (QED) is 0.0822. The van der Waals surface area contributed by atoms with E-state index in [9.17, 15) is 48.0 Å². The van der Waals surface area contributed by atoms with Gasteiger partial charge in [0.15, 0.2) is 15.7 Å². The molecule has 3 heterocycles. The van der Waals surface area contributed by atoms with E-state index in [4.69, 9.17) is 16.6 Å². The standard InChI is InChI=1S/C45H48ClF8N7O5S2/c1-22-23(2)45(53,54)40-35(22)38(41(51)52)57-61(40)21-34(62)56-32(18-24-16-25(47)19-26(48)17-24)37-29(9-6-27(55-37)12-13-43(3,4)67(63,64)28-7-8-28)30-10-11-31(46)36-39(30)60(20-33(49)50)58-42(36)59-68(65,66)44(5)14-15-44/h6,9-11,16-17,19,22-23,28,32-33,41H,7-8,12-15,18,20-21H2,1-5H3,(H,56,62)(H,58,59)/t22-,23+,32-/m0/s1. The number of sulfonamides is 1. The van der Waals surface area contributed by atoms with Crippen LogP contribution in [-0.2, 0) is 56.5 Å². The summed E-state index contributed by atoms with van der Waals surface area (Å²) >= 11 is 6.71. The smallest absolute Gasteiger partial charge is 0.292 e. The van der Waals surface area contributed by atoms with Gasteiger partial charge in [-0.25, -0.2) is 43.2 Å². The van der Waals surface area contributed by atoms with Gasteiger partial charge in [-0.2, -0.15) is 19.0 Å². The molecule has 3 aliphatic rings. The largest absolute Gasteiger partial charge is 0.346 e. The van der Waals surface area contributed by atoms with Gasteiger partial charge in [-0.1, -0.05) is 37.6 Å². The van der Waals surface area contributed by atoms with Gasteiger partial charge in [0.05, 0.1) is 42.4 Å². The lowest BCUT2D eigenvalue weighted by Crippen LogP contribution is -2.36. The Hall–Kier alpha value is -4.83. The number of aryl methyl sites for hydroxylation is 1. The number of anilines is 1. The van der Waals surface area contributed by atoms with Crippen molar-refractivity contribution in [2.24, 2.45) is 5.92 Å². The zero-order chi connectivity index (χ0) is 49.6. The van der Waals surface area contributed by atoms with Gasteiger partial charge in [-0.3, -0.25) is 23.9 Å². The maximum atomic E-state index is 15.8. The first-order chi connectivity index (χ1) is 31.7. The lowest BCUT2D eigenvalue weighted by Gasteiger charge is -2.26. The van der Waals surface area contributed by atoms with Crippen LogP contribution in [0, 0.1) is 17.6 Å². The van der Waals surface area contributed by atoms with Gasteiger partial charge in [0.25, 0.3) is 18.8 Å². The summed E-state index contributed by atoms with van der Waals surface area (Å²) in [7, 11) is -7.72. The fraction of sp³-hybridized carbons (Fsp3) is 0.511. The second-order valence-electron chi connectivity index (χ2n) is 18.9. The average Bonchev–Trinajstić information content (AvgIpc) is 4.16. The highest BCUT2D eigenvalue weighted by atomic mass is 35.5. The maximum Gasteiger partial charge on any atom is 0.292 e. The van der Waals surface area contributed by atoms with Gasteiger partial charge in [-0.05, 0) is 101 Å². The summed E-state index contributed by atoms with van der Waals surface area (Å²) in [4.78, 5) is 19.2. The number of rotatable bonds is 18. The molecule has 0 aliphatic heterocycles. The summed E-state index contributed by atoms with van der Waals surface area (Å²) < 4.78 is 174. The first-order valence-corrected chi connectivity index (χ1v) is 25.3. The third-order valence-corrected chi connectivity index (χ3v) is 19.2. The minimum Gasteiger partial charge on any atom is -0.346 e. The second-order valence-corrected chi connectivity index (χ2v) is 24.4. The SMILES string of the molecule is C[C@@H]1c2c(C(F)F)nn(CC(=O)N[C@@H](Cc3cc(F)cc(F)c3)c3nc(CCC(C)(C)S(=O)(=O)C4CC4)ccc3-c3ccc(Cl)c4c(NS(=O)(=O)C5(C)CC5)nn(CC(F)F)c34)c2C(F)(F)[C@@H]1C. The number of sulfone groups is 1. The van der Waals surface area contributed by atoms with Gasteiger partial charge in [0.2, 0.25) is 15.9 Å². The topological polar surface area (TPSA) is 158 Å². The molecule has 3 aliphatic carbocycles. The van der Waals surface area contributed by atoms with Crippen LogP contribution in [0.4, 0.5) is 40.9 Å². The number of halogens is 9. The van der Waals surface area contributed by atoms with Crippen LogP contribution in [0.3, 0.4) is 0 Å². The number of carbonyl (C=O) groups is 1. The van der Waals surface area contributed by atoms with Crippen LogP contribution < -0.4 is 10.0 Å². The summed E-state index contributed by atoms with van der Waals surface area (Å²) in [5.74, 6) is -9.62. The van der Waals surface area contributed by atoms with Crippen LogP contribution >= 0.6 is 11.6 Å². The van der Waals surface area contributed by atoms with Gasteiger partial charge >= 0.3 is 0 Å². The van der Waals surface area contributed by atoms with E-state index in [1.807, 2.05) is 0 Å². The first-order valence-electron chi connectivity index (χ1n) is 21.9. The van der Waals surface area contributed by atoms with E-state index in [1.54, 1.807) is 13.8 Å². The number of aromatic nitrogens is 5. The number of nitrogens with one attached hydrogen (secondary N) is 2. The lowest BCUT2D eigenvalue weighted by atomic mass is 9.93. The summed E-state index contributed by atoms with van der Waals surface area (Å²) in [5, 5.41) is 10.0. The van der Waals surface area contributed by atoms with E-state index in [0.29, 0.717) is 36.4 Å². The number of pyridine rings is 1. The van der Waals surface area contributed by atoms with Crippen molar-refractivity contribution in [1.82, 2.24) is 29.9 Å². The van der Waals surface area contributed by atoms with Crippen LogP contribution in [0.2, 0.25) is 5.02 Å². The normalized spacial score (nSPS) is 19.5. The van der Waals surface area contributed by atoms with Crippen molar-refractivity contribution in [2.75, 3.05) is 4.72 Å². The molecule has 3 aromatic heterocycles. The number of amides is 1. The Kier molecular flexibility index (Phi) is 12.8. The van der Waals surface area contributed by atoms with E-state index in [1.165, 1.54) is 45.0 Å². The second kappa shape index (κ2) is 17.5. The molecule has 0 bridgehead atoms. The summed E-state index contributed by atoms with van der Waals surface area (Å²) in [6.45, 7) is 5.11. The molecule has 368 valence electrons. The van der Waals surface area contributed by atoms with Crippen LogP contribution in [0.1, 0.15) is 119 Å². The van der Waals surface area contributed by atoms with Crippen molar-refractivity contribution in [1.29, 1.82) is 0 Å². The van der Waals surface area contributed by atoms with Crippen molar-refractivity contribution in [2.45, 2.75) is 138 Å². The van der Waals surface area contributed by atoms with E-state index in [0.717, 1.165) is 16.8 Å². The minimum absolute atomic E-state index is 0.0206. The molecule has 0 unspecified atom stereocenters. The molecular weight excluding hydrogens is 970 g/mol. The predicted octanol–water partition coefficient (Wildman–Crippen LogP) is 9.96. The van der Waals surface area contributed by atoms with Gasteiger partial charge in [0.1, 0.15) is 36.1 Å². The molecule has 5 aromatic rings. The highest BCUT2D eigenvalue weighted by Gasteiger charge is 2.55. The number of carbonyl (C=O) groups excluding carboxylic acids is 1. The third kappa shape index (κ3) is 9.08. The van der Waals surface area contributed by atoms with E-state index >= 15 is 8.78 Å². The third-order valence-electron chi connectivity index (χ3n) is 13.6. The van der Waals surface area contributed by atoms with Gasteiger partial charge in [-0.15, -0.1) is 0 Å².